The minimum atomic E-state index is 0.0337. The number of aromatic nitrogens is 2. The van der Waals surface area contributed by atoms with E-state index in [1.807, 2.05) is 4.90 Å². The van der Waals surface area contributed by atoms with E-state index in [9.17, 15) is 4.79 Å². The Hall–Kier alpha value is -0.880. The summed E-state index contributed by atoms with van der Waals surface area (Å²) in [5.41, 5.74) is 0.612. The average Bonchev–Trinajstić information content (AvgIpc) is 2.68. The SMILES string of the molecule is COC1CCN(C(=O)c2c(Br)cnn2C)CC1. The first-order valence-corrected chi connectivity index (χ1v) is 6.42. The van der Waals surface area contributed by atoms with E-state index in [4.69, 9.17) is 4.74 Å². The van der Waals surface area contributed by atoms with E-state index >= 15 is 0 Å². The number of nitrogens with zero attached hydrogens (tertiary/aromatic N) is 3. The number of rotatable bonds is 2. The van der Waals surface area contributed by atoms with Crippen LogP contribution in [0.4, 0.5) is 0 Å². The average molecular weight is 302 g/mol. The molecule has 6 heteroatoms. The Morgan fingerprint density at radius 2 is 2.18 bits per heavy atom. The predicted molar refractivity (Wildman–Crippen MR) is 66.8 cm³/mol. The molecular formula is C11H16BrN3O2. The molecule has 1 fully saturated rings. The largest absolute Gasteiger partial charge is 0.381 e. The summed E-state index contributed by atoms with van der Waals surface area (Å²) in [4.78, 5) is 14.2. The first-order chi connectivity index (χ1) is 8.13. The second-order valence-corrected chi connectivity index (χ2v) is 5.05. The van der Waals surface area contributed by atoms with Crippen molar-refractivity contribution >= 4 is 21.8 Å². The summed E-state index contributed by atoms with van der Waals surface area (Å²) in [7, 11) is 3.50. The van der Waals surface area contributed by atoms with E-state index in [1.54, 1.807) is 25.0 Å². The standard InChI is InChI=1S/C11H16BrN3O2/c1-14-10(9(12)7-13-14)11(16)15-5-3-8(17-2)4-6-15/h7-8H,3-6H2,1-2H3. The van der Waals surface area contributed by atoms with Crippen molar-refractivity contribution in [3.05, 3.63) is 16.4 Å². The summed E-state index contributed by atoms with van der Waals surface area (Å²) in [6, 6.07) is 0. The number of carbonyl (C=O) groups excluding carboxylic acids is 1. The Morgan fingerprint density at radius 3 is 2.65 bits per heavy atom. The highest BCUT2D eigenvalue weighted by molar-refractivity contribution is 9.10. The highest BCUT2D eigenvalue weighted by atomic mass is 79.9. The van der Waals surface area contributed by atoms with Gasteiger partial charge >= 0.3 is 0 Å². The molecule has 2 heterocycles. The fourth-order valence-corrected chi connectivity index (χ4v) is 2.61. The smallest absolute Gasteiger partial charge is 0.273 e. The van der Waals surface area contributed by atoms with Crippen LogP contribution in [0, 0.1) is 0 Å². The summed E-state index contributed by atoms with van der Waals surface area (Å²) < 4.78 is 7.65. The van der Waals surface area contributed by atoms with Gasteiger partial charge in [-0.1, -0.05) is 0 Å². The maximum atomic E-state index is 12.3. The number of hydrogen-bond donors (Lipinski definition) is 0. The second kappa shape index (κ2) is 5.18. The molecule has 0 aliphatic carbocycles. The van der Waals surface area contributed by atoms with Gasteiger partial charge in [-0.25, -0.2) is 0 Å². The third kappa shape index (κ3) is 2.52. The molecule has 0 N–H and O–H groups in total. The molecule has 17 heavy (non-hydrogen) atoms. The molecule has 0 atom stereocenters. The molecule has 5 nitrogen and oxygen atoms in total. The molecule has 0 saturated carbocycles. The maximum Gasteiger partial charge on any atom is 0.273 e. The minimum absolute atomic E-state index is 0.0337. The zero-order valence-electron chi connectivity index (χ0n) is 10.0. The monoisotopic (exact) mass is 301 g/mol. The highest BCUT2D eigenvalue weighted by Gasteiger charge is 2.26. The summed E-state index contributed by atoms with van der Waals surface area (Å²) in [6.45, 7) is 1.49. The van der Waals surface area contributed by atoms with Crippen LogP contribution in [0.1, 0.15) is 23.3 Å². The number of likely N-dealkylation sites (tertiary alicyclic amines) is 1. The number of hydrogen-bond acceptors (Lipinski definition) is 3. The van der Waals surface area contributed by atoms with E-state index in [2.05, 4.69) is 21.0 Å². The van der Waals surface area contributed by atoms with E-state index in [0.717, 1.165) is 30.4 Å². The van der Waals surface area contributed by atoms with E-state index in [-0.39, 0.29) is 12.0 Å². The molecule has 0 bridgehead atoms. The van der Waals surface area contributed by atoms with E-state index in [1.165, 1.54) is 0 Å². The molecule has 2 rings (SSSR count). The van der Waals surface area contributed by atoms with Crippen LogP contribution < -0.4 is 0 Å². The lowest BCUT2D eigenvalue weighted by atomic mass is 10.1. The minimum Gasteiger partial charge on any atom is -0.381 e. The lowest BCUT2D eigenvalue weighted by Gasteiger charge is -2.31. The summed E-state index contributed by atoms with van der Waals surface area (Å²) in [5, 5.41) is 4.06. The number of aryl methyl sites for hydroxylation is 1. The zero-order valence-corrected chi connectivity index (χ0v) is 11.6. The molecule has 1 aromatic rings. The van der Waals surface area contributed by atoms with Crippen LogP contribution in [0.3, 0.4) is 0 Å². The molecule has 1 saturated heterocycles. The Bertz CT molecular complexity index is 391. The first kappa shape index (κ1) is 12.6. The fraction of sp³-hybridized carbons (Fsp3) is 0.636. The molecule has 1 amide bonds. The van der Waals surface area contributed by atoms with Crippen molar-refractivity contribution in [3.8, 4) is 0 Å². The first-order valence-electron chi connectivity index (χ1n) is 5.63. The van der Waals surface area contributed by atoms with Gasteiger partial charge in [0.1, 0.15) is 5.69 Å². The summed E-state index contributed by atoms with van der Waals surface area (Å²) >= 11 is 3.35. The van der Waals surface area contributed by atoms with Crippen LogP contribution >= 0.6 is 15.9 Å². The quantitative estimate of drug-likeness (QED) is 0.830. The van der Waals surface area contributed by atoms with E-state index in [0.29, 0.717) is 5.69 Å². The number of amides is 1. The maximum absolute atomic E-state index is 12.3. The summed E-state index contributed by atoms with van der Waals surface area (Å²) in [6.07, 6.45) is 3.74. The van der Waals surface area contributed by atoms with Crippen molar-refractivity contribution < 1.29 is 9.53 Å². The lowest BCUT2D eigenvalue weighted by Crippen LogP contribution is -2.41. The number of carbonyl (C=O) groups is 1. The third-order valence-corrected chi connectivity index (χ3v) is 3.74. The Labute approximate surface area is 109 Å². The molecule has 0 spiro atoms. The van der Waals surface area contributed by atoms with Gasteiger partial charge in [0.2, 0.25) is 0 Å². The van der Waals surface area contributed by atoms with Crippen LogP contribution in [-0.4, -0.2) is 46.9 Å². The van der Waals surface area contributed by atoms with E-state index < -0.39 is 0 Å². The zero-order chi connectivity index (χ0) is 12.4. The molecule has 0 aromatic carbocycles. The van der Waals surface area contributed by atoms with Gasteiger partial charge in [0.05, 0.1) is 16.8 Å². The van der Waals surface area contributed by atoms with Gasteiger partial charge in [-0.2, -0.15) is 5.10 Å². The highest BCUT2D eigenvalue weighted by Crippen LogP contribution is 2.20. The van der Waals surface area contributed by atoms with Crippen LogP contribution in [0.15, 0.2) is 10.7 Å². The van der Waals surface area contributed by atoms with Crippen molar-refractivity contribution in [2.45, 2.75) is 18.9 Å². The molecule has 94 valence electrons. The number of halogens is 1. The number of piperidine rings is 1. The van der Waals surface area contributed by atoms with Gasteiger partial charge in [0, 0.05) is 27.2 Å². The lowest BCUT2D eigenvalue weighted by molar-refractivity contribution is 0.0344. The van der Waals surface area contributed by atoms with Crippen molar-refractivity contribution in [2.75, 3.05) is 20.2 Å². The van der Waals surface area contributed by atoms with Crippen molar-refractivity contribution in [2.24, 2.45) is 7.05 Å². The van der Waals surface area contributed by atoms with Gasteiger partial charge < -0.3 is 9.64 Å². The van der Waals surface area contributed by atoms with Crippen molar-refractivity contribution in [1.29, 1.82) is 0 Å². The molecule has 1 aliphatic rings. The van der Waals surface area contributed by atoms with Gasteiger partial charge in [-0.3, -0.25) is 9.48 Å². The van der Waals surface area contributed by atoms with Crippen molar-refractivity contribution in [1.82, 2.24) is 14.7 Å². The molecular weight excluding hydrogens is 286 g/mol. The molecule has 0 unspecified atom stereocenters. The molecule has 1 aromatic heterocycles. The molecule has 0 radical (unpaired) electrons. The summed E-state index contributed by atoms with van der Waals surface area (Å²) in [5.74, 6) is 0.0337. The normalized spacial score (nSPS) is 17.5. The van der Waals surface area contributed by atoms with Gasteiger partial charge in [0.25, 0.3) is 5.91 Å². The fourth-order valence-electron chi connectivity index (χ4n) is 2.10. The third-order valence-electron chi connectivity index (χ3n) is 3.16. The topological polar surface area (TPSA) is 47.4 Å². The van der Waals surface area contributed by atoms with Crippen LogP contribution in [0.5, 0.6) is 0 Å². The Kier molecular flexibility index (Phi) is 3.83. The van der Waals surface area contributed by atoms with Gasteiger partial charge in [0.15, 0.2) is 0 Å². The van der Waals surface area contributed by atoms with Crippen LogP contribution in [0.25, 0.3) is 0 Å². The molecule has 1 aliphatic heterocycles. The number of ether oxygens (including phenoxy) is 1. The van der Waals surface area contributed by atoms with Gasteiger partial charge in [-0.15, -0.1) is 0 Å². The number of methoxy groups -OCH3 is 1. The predicted octanol–water partition coefficient (Wildman–Crippen LogP) is 1.43. The Morgan fingerprint density at radius 1 is 1.53 bits per heavy atom. The van der Waals surface area contributed by atoms with Crippen LogP contribution in [0.2, 0.25) is 0 Å². The second-order valence-electron chi connectivity index (χ2n) is 4.19. The van der Waals surface area contributed by atoms with Gasteiger partial charge in [-0.05, 0) is 28.8 Å². The Balaban J connectivity index is 2.07. The van der Waals surface area contributed by atoms with Crippen molar-refractivity contribution in [3.63, 3.8) is 0 Å². The van der Waals surface area contributed by atoms with Crippen LogP contribution in [-0.2, 0) is 11.8 Å².